The van der Waals surface area contributed by atoms with Gasteiger partial charge >= 0.3 is 0 Å². The van der Waals surface area contributed by atoms with Gasteiger partial charge in [0.15, 0.2) is 5.78 Å². The number of rotatable bonds is 3. The van der Waals surface area contributed by atoms with Crippen LogP contribution in [0.1, 0.15) is 40.0 Å². The van der Waals surface area contributed by atoms with Crippen molar-refractivity contribution in [3.8, 4) is 6.07 Å². The lowest BCUT2D eigenvalue weighted by atomic mass is 9.86. The molecule has 16 heavy (non-hydrogen) atoms. The minimum atomic E-state index is -0.280. The van der Waals surface area contributed by atoms with E-state index in [-0.39, 0.29) is 23.9 Å². The number of nitriles is 1. The summed E-state index contributed by atoms with van der Waals surface area (Å²) in [5.41, 5.74) is 0.457. The summed E-state index contributed by atoms with van der Waals surface area (Å²) < 4.78 is 5.46. The summed E-state index contributed by atoms with van der Waals surface area (Å²) in [6, 6.07) is 2.13. The van der Waals surface area contributed by atoms with E-state index in [4.69, 9.17) is 10.00 Å². The lowest BCUT2D eigenvalue weighted by molar-refractivity contribution is -0.132. The van der Waals surface area contributed by atoms with Crippen molar-refractivity contribution in [2.75, 3.05) is 6.61 Å². The zero-order chi connectivity index (χ0) is 12.2. The van der Waals surface area contributed by atoms with Crippen molar-refractivity contribution in [1.29, 1.82) is 5.26 Å². The highest BCUT2D eigenvalue weighted by Crippen LogP contribution is 2.24. The van der Waals surface area contributed by atoms with E-state index in [9.17, 15) is 4.79 Å². The van der Waals surface area contributed by atoms with E-state index in [2.05, 4.69) is 6.07 Å². The van der Waals surface area contributed by atoms with E-state index in [1.54, 1.807) is 0 Å². The van der Waals surface area contributed by atoms with Crippen molar-refractivity contribution >= 4 is 5.78 Å². The standard InChI is InChI=1S/C13H19NO2/c1-13(2,3)16-9-12(15)11-6-4-5-10(7-11)8-14/h5,11H,4,6-7,9H2,1-3H3. The number of ether oxygens (including phenoxy) is 1. The average Bonchev–Trinajstić information content (AvgIpc) is 2.25. The van der Waals surface area contributed by atoms with Crippen LogP contribution in [0.15, 0.2) is 11.6 Å². The first-order valence-electron chi connectivity index (χ1n) is 5.68. The van der Waals surface area contributed by atoms with Gasteiger partial charge in [-0.1, -0.05) is 6.08 Å². The molecule has 0 aromatic carbocycles. The first-order chi connectivity index (χ1) is 7.42. The lowest BCUT2D eigenvalue weighted by Crippen LogP contribution is -2.28. The van der Waals surface area contributed by atoms with Gasteiger partial charge in [-0.2, -0.15) is 5.26 Å². The number of hydrogen-bond donors (Lipinski definition) is 0. The van der Waals surface area contributed by atoms with Crippen molar-refractivity contribution in [3.63, 3.8) is 0 Å². The Hall–Kier alpha value is -1.14. The van der Waals surface area contributed by atoms with E-state index >= 15 is 0 Å². The topological polar surface area (TPSA) is 50.1 Å². The fourth-order valence-corrected chi connectivity index (χ4v) is 1.68. The van der Waals surface area contributed by atoms with E-state index in [0.29, 0.717) is 6.42 Å². The Kier molecular flexibility index (Phi) is 4.26. The van der Waals surface area contributed by atoms with Crippen LogP contribution in [-0.4, -0.2) is 18.0 Å². The largest absolute Gasteiger partial charge is 0.368 e. The van der Waals surface area contributed by atoms with E-state index < -0.39 is 0 Å². The van der Waals surface area contributed by atoms with Crippen LogP contribution in [0, 0.1) is 17.2 Å². The molecule has 1 atom stereocenters. The molecular formula is C13H19NO2. The third kappa shape index (κ3) is 4.16. The fraction of sp³-hybridized carbons (Fsp3) is 0.692. The Morgan fingerprint density at radius 2 is 2.31 bits per heavy atom. The van der Waals surface area contributed by atoms with Crippen LogP contribution < -0.4 is 0 Å². The van der Waals surface area contributed by atoms with Gasteiger partial charge in [-0.15, -0.1) is 0 Å². The third-order valence-electron chi connectivity index (χ3n) is 2.62. The normalized spacial score (nSPS) is 21.1. The monoisotopic (exact) mass is 221 g/mol. The van der Waals surface area contributed by atoms with Crippen molar-refractivity contribution < 1.29 is 9.53 Å². The second-order valence-corrected chi connectivity index (χ2v) is 5.19. The molecule has 1 unspecified atom stereocenters. The van der Waals surface area contributed by atoms with Crippen molar-refractivity contribution in [1.82, 2.24) is 0 Å². The average molecular weight is 221 g/mol. The van der Waals surface area contributed by atoms with Crippen molar-refractivity contribution in [2.24, 2.45) is 5.92 Å². The molecule has 0 bridgehead atoms. The van der Waals surface area contributed by atoms with Crippen LogP contribution >= 0.6 is 0 Å². The Labute approximate surface area is 97.1 Å². The van der Waals surface area contributed by atoms with E-state index in [1.807, 2.05) is 26.8 Å². The summed E-state index contributed by atoms with van der Waals surface area (Å²) in [5, 5.41) is 8.79. The molecule has 0 spiro atoms. The first-order valence-corrected chi connectivity index (χ1v) is 5.68. The van der Waals surface area contributed by atoms with Crippen LogP contribution in [0.3, 0.4) is 0 Å². The minimum absolute atomic E-state index is 0.0259. The molecule has 0 aromatic rings. The molecule has 3 nitrogen and oxygen atoms in total. The molecular weight excluding hydrogens is 202 g/mol. The van der Waals surface area contributed by atoms with Crippen LogP contribution in [0.2, 0.25) is 0 Å². The summed E-state index contributed by atoms with van der Waals surface area (Å²) in [6.45, 7) is 5.96. The highest BCUT2D eigenvalue weighted by atomic mass is 16.5. The van der Waals surface area contributed by atoms with Crippen LogP contribution in [0.5, 0.6) is 0 Å². The Bertz CT molecular complexity index is 331. The number of hydrogen-bond acceptors (Lipinski definition) is 3. The summed E-state index contributed by atoms with van der Waals surface area (Å²) in [4.78, 5) is 11.8. The van der Waals surface area contributed by atoms with Crippen molar-refractivity contribution in [3.05, 3.63) is 11.6 Å². The van der Waals surface area contributed by atoms with E-state index in [0.717, 1.165) is 18.4 Å². The highest BCUT2D eigenvalue weighted by Gasteiger charge is 2.24. The molecule has 0 radical (unpaired) electrons. The fourth-order valence-electron chi connectivity index (χ4n) is 1.68. The molecule has 0 heterocycles. The van der Waals surface area contributed by atoms with Gasteiger partial charge in [0.2, 0.25) is 0 Å². The maximum Gasteiger partial charge on any atom is 0.161 e. The number of Topliss-reactive ketones (excluding diaryl/α,β-unsaturated/α-hetero) is 1. The summed E-state index contributed by atoms with van der Waals surface area (Å²) in [5.74, 6) is 0.0952. The van der Waals surface area contributed by atoms with Crippen LogP contribution in [-0.2, 0) is 9.53 Å². The Balaban J connectivity index is 2.45. The molecule has 0 N–H and O–H groups in total. The van der Waals surface area contributed by atoms with Gasteiger partial charge in [-0.25, -0.2) is 0 Å². The minimum Gasteiger partial charge on any atom is -0.368 e. The molecule has 0 aliphatic heterocycles. The zero-order valence-corrected chi connectivity index (χ0v) is 10.2. The van der Waals surface area contributed by atoms with E-state index in [1.165, 1.54) is 0 Å². The van der Waals surface area contributed by atoms with Gasteiger partial charge in [0.25, 0.3) is 0 Å². The Morgan fingerprint density at radius 1 is 1.62 bits per heavy atom. The summed E-state index contributed by atoms with van der Waals surface area (Å²) in [7, 11) is 0. The van der Waals surface area contributed by atoms with Gasteiger partial charge in [0.1, 0.15) is 6.61 Å². The SMILES string of the molecule is CC(C)(C)OCC(=O)C1CCC=C(C#N)C1. The first kappa shape index (κ1) is 12.9. The number of nitrogens with zero attached hydrogens (tertiary/aromatic N) is 1. The van der Waals surface area contributed by atoms with Gasteiger partial charge in [0, 0.05) is 11.5 Å². The Morgan fingerprint density at radius 3 is 2.88 bits per heavy atom. The molecule has 0 aromatic heterocycles. The number of carbonyl (C=O) groups excluding carboxylic acids is 1. The second kappa shape index (κ2) is 5.27. The molecule has 0 fully saturated rings. The quantitative estimate of drug-likeness (QED) is 0.736. The summed E-state index contributed by atoms with van der Waals surface area (Å²) in [6.07, 6.45) is 4.18. The lowest BCUT2D eigenvalue weighted by Gasteiger charge is -2.23. The maximum absolute atomic E-state index is 11.8. The molecule has 0 amide bonds. The summed E-state index contributed by atoms with van der Waals surface area (Å²) >= 11 is 0. The highest BCUT2D eigenvalue weighted by molar-refractivity contribution is 5.82. The molecule has 1 aliphatic carbocycles. The molecule has 0 saturated heterocycles. The third-order valence-corrected chi connectivity index (χ3v) is 2.62. The molecule has 3 heteroatoms. The molecule has 1 rings (SSSR count). The predicted octanol–water partition coefficient (Wildman–Crippen LogP) is 2.62. The maximum atomic E-state index is 11.8. The van der Waals surface area contributed by atoms with Gasteiger partial charge in [-0.05, 0) is 40.0 Å². The number of allylic oxidation sites excluding steroid dienone is 2. The second-order valence-electron chi connectivity index (χ2n) is 5.19. The van der Waals surface area contributed by atoms with Gasteiger partial charge in [-0.3, -0.25) is 4.79 Å². The molecule has 0 saturated carbocycles. The van der Waals surface area contributed by atoms with Gasteiger partial charge < -0.3 is 4.74 Å². The predicted molar refractivity (Wildman–Crippen MR) is 61.7 cm³/mol. The van der Waals surface area contributed by atoms with Crippen molar-refractivity contribution in [2.45, 2.75) is 45.6 Å². The number of carbonyl (C=O) groups is 1. The molecule has 1 aliphatic rings. The van der Waals surface area contributed by atoms with Gasteiger partial charge in [0.05, 0.1) is 11.7 Å². The zero-order valence-electron chi connectivity index (χ0n) is 10.2. The van der Waals surface area contributed by atoms with Crippen LogP contribution in [0.25, 0.3) is 0 Å². The smallest absolute Gasteiger partial charge is 0.161 e. The number of ketones is 1. The molecule has 88 valence electrons. The van der Waals surface area contributed by atoms with Crippen LogP contribution in [0.4, 0.5) is 0 Å².